The molecule has 1 aliphatic heterocycles. The first kappa shape index (κ1) is 13.0. The second-order valence-corrected chi connectivity index (χ2v) is 5.70. The lowest BCUT2D eigenvalue weighted by atomic mass is 9.91. The molecule has 0 spiro atoms. The number of benzene rings is 1. The molecular formula is C18H16N4. The van der Waals surface area contributed by atoms with Crippen LogP contribution in [0.15, 0.2) is 47.2 Å². The molecule has 0 saturated heterocycles. The molecule has 0 bridgehead atoms. The number of hydrogen-bond donors (Lipinski definition) is 0. The molecule has 1 aliphatic carbocycles. The first-order valence-electron chi connectivity index (χ1n) is 7.68. The first-order valence-corrected chi connectivity index (χ1v) is 7.68. The Morgan fingerprint density at radius 1 is 1.23 bits per heavy atom. The highest BCUT2D eigenvalue weighted by Crippen LogP contribution is 2.29. The Hall–Kier alpha value is -2.67. The van der Waals surface area contributed by atoms with Crippen LogP contribution in [-0.4, -0.2) is 15.3 Å². The van der Waals surface area contributed by atoms with Gasteiger partial charge in [-0.1, -0.05) is 6.08 Å². The van der Waals surface area contributed by atoms with Gasteiger partial charge in [0, 0.05) is 18.0 Å². The molecule has 1 aromatic heterocycles. The van der Waals surface area contributed by atoms with Gasteiger partial charge in [-0.3, -0.25) is 4.99 Å². The summed E-state index contributed by atoms with van der Waals surface area (Å²) in [6, 6.07) is 8.06. The number of fused-ring (bicyclic) bond motifs is 3. The van der Waals surface area contributed by atoms with Crippen molar-refractivity contribution in [2.75, 3.05) is 0 Å². The van der Waals surface area contributed by atoms with Gasteiger partial charge in [-0.2, -0.15) is 5.26 Å². The molecule has 1 aromatic carbocycles. The van der Waals surface area contributed by atoms with Gasteiger partial charge in [-0.05, 0) is 49.5 Å². The molecule has 0 saturated carbocycles. The summed E-state index contributed by atoms with van der Waals surface area (Å²) in [5.74, 6) is 0.942. The Balaban J connectivity index is 1.94. The van der Waals surface area contributed by atoms with Crippen molar-refractivity contribution in [3.63, 3.8) is 0 Å². The summed E-state index contributed by atoms with van der Waals surface area (Å²) in [5, 5.41) is 9.24. The van der Waals surface area contributed by atoms with Gasteiger partial charge < -0.3 is 4.57 Å². The van der Waals surface area contributed by atoms with E-state index in [9.17, 15) is 5.26 Å². The Kier molecular flexibility index (Phi) is 3.12. The van der Waals surface area contributed by atoms with E-state index in [0.29, 0.717) is 12.1 Å². The van der Waals surface area contributed by atoms with Crippen molar-refractivity contribution in [3.8, 4) is 11.8 Å². The second-order valence-electron chi connectivity index (χ2n) is 5.70. The fraction of sp³-hybridized carbons (Fsp3) is 0.278. The highest BCUT2D eigenvalue weighted by Gasteiger charge is 2.21. The number of hydrogen-bond acceptors (Lipinski definition) is 3. The summed E-state index contributed by atoms with van der Waals surface area (Å²) < 4.78 is 2.08. The SMILES string of the molecule is N#Cc1ccc2c(c1)C(C1=CCCCC1)=NCc1nccn1-2. The Labute approximate surface area is 129 Å². The van der Waals surface area contributed by atoms with Crippen molar-refractivity contribution < 1.29 is 0 Å². The molecule has 108 valence electrons. The minimum absolute atomic E-state index is 0.580. The topological polar surface area (TPSA) is 54.0 Å². The van der Waals surface area contributed by atoms with Crippen molar-refractivity contribution in [2.45, 2.75) is 32.2 Å². The van der Waals surface area contributed by atoms with Crippen molar-refractivity contribution in [1.82, 2.24) is 9.55 Å². The molecule has 2 heterocycles. The first-order chi connectivity index (χ1) is 10.9. The fourth-order valence-electron chi connectivity index (χ4n) is 3.24. The Morgan fingerprint density at radius 3 is 3.00 bits per heavy atom. The number of aliphatic imine (C=N–C) groups is 1. The Bertz CT molecular complexity index is 833. The highest BCUT2D eigenvalue weighted by molar-refractivity contribution is 6.15. The molecule has 0 fully saturated rings. The van der Waals surface area contributed by atoms with Crippen LogP contribution in [0, 0.1) is 11.3 Å². The normalized spacial score (nSPS) is 16.7. The van der Waals surface area contributed by atoms with Crippen LogP contribution in [0.25, 0.3) is 5.69 Å². The van der Waals surface area contributed by atoms with Crippen LogP contribution >= 0.6 is 0 Å². The van der Waals surface area contributed by atoms with Crippen LogP contribution in [0.4, 0.5) is 0 Å². The van der Waals surface area contributed by atoms with Crippen LogP contribution in [0.3, 0.4) is 0 Å². The summed E-state index contributed by atoms with van der Waals surface area (Å²) in [4.78, 5) is 9.24. The number of imidazole rings is 1. The van der Waals surface area contributed by atoms with E-state index >= 15 is 0 Å². The molecule has 0 atom stereocenters. The molecule has 4 rings (SSSR count). The number of nitrogens with zero attached hydrogens (tertiary/aromatic N) is 4. The third-order valence-corrected chi connectivity index (χ3v) is 4.33. The zero-order chi connectivity index (χ0) is 14.9. The average molecular weight is 288 g/mol. The van der Waals surface area contributed by atoms with Crippen molar-refractivity contribution in [3.05, 3.63) is 59.2 Å². The number of rotatable bonds is 1. The van der Waals surface area contributed by atoms with Gasteiger partial charge in [0.2, 0.25) is 0 Å². The standard InChI is InChI=1S/C18H16N4/c19-11-13-6-7-16-15(10-13)18(14-4-2-1-3-5-14)21-12-17-20-8-9-22(16)17/h4,6-10H,1-3,5,12H2. The van der Waals surface area contributed by atoms with E-state index in [1.54, 1.807) is 6.20 Å². The van der Waals surface area contributed by atoms with Crippen LogP contribution in [-0.2, 0) is 6.54 Å². The zero-order valence-electron chi connectivity index (χ0n) is 12.3. The minimum Gasteiger partial charge on any atom is -0.302 e. The van der Waals surface area contributed by atoms with Gasteiger partial charge in [0.1, 0.15) is 5.82 Å². The summed E-state index contributed by atoms with van der Waals surface area (Å²) in [7, 11) is 0. The quantitative estimate of drug-likeness (QED) is 0.805. The molecule has 4 heteroatoms. The van der Waals surface area contributed by atoms with Crippen LogP contribution in [0.1, 0.15) is 42.6 Å². The van der Waals surface area contributed by atoms with Crippen LogP contribution < -0.4 is 0 Å². The summed E-state index contributed by atoms with van der Waals surface area (Å²) in [5.41, 5.74) is 5.13. The smallest absolute Gasteiger partial charge is 0.134 e. The van der Waals surface area contributed by atoms with Crippen molar-refractivity contribution in [2.24, 2.45) is 4.99 Å². The molecule has 0 unspecified atom stereocenters. The van der Waals surface area contributed by atoms with Gasteiger partial charge in [-0.15, -0.1) is 0 Å². The third-order valence-electron chi connectivity index (χ3n) is 4.33. The largest absolute Gasteiger partial charge is 0.302 e. The van der Waals surface area contributed by atoms with Crippen LogP contribution in [0.2, 0.25) is 0 Å². The zero-order valence-corrected chi connectivity index (χ0v) is 12.3. The predicted molar refractivity (Wildman–Crippen MR) is 85.1 cm³/mol. The van der Waals surface area contributed by atoms with E-state index in [0.717, 1.165) is 35.6 Å². The van der Waals surface area contributed by atoms with Gasteiger partial charge in [0.15, 0.2) is 0 Å². The second kappa shape index (κ2) is 5.27. The van der Waals surface area contributed by atoms with E-state index in [1.165, 1.54) is 18.4 Å². The molecule has 4 nitrogen and oxygen atoms in total. The lowest BCUT2D eigenvalue weighted by Crippen LogP contribution is -2.10. The molecule has 0 radical (unpaired) electrons. The molecule has 2 aliphatic rings. The Morgan fingerprint density at radius 2 is 2.18 bits per heavy atom. The monoisotopic (exact) mass is 288 g/mol. The van der Waals surface area contributed by atoms with Gasteiger partial charge in [-0.25, -0.2) is 4.98 Å². The van der Waals surface area contributed by atoms with Gasteiger partial charge in [0.05, 0.1) is 29.6 Å². The van der Waals surface area contributed by atoms with Gasteiger partial charge in [0.25, 0.3) is 0 Å². The molecule has 0 amide bonds. The van der Waals surface area contributed by atoms with E-state index in [-0.39, 0.29) is 0 Å². The van der Waals surface area contributed by atoms with E-state index in [1.807, 2.05) is 24.4 Å². The molecule has 2 aromatic rings. The third kappa shape index (κ3) is 2.06. The minimum atomic E-state index is 0.580. The summed E-state index contributed by atoms with van der Waals surface area (Å²) >= 11 is 0. The van der Waals surface area contributed by atoms with Crippen molar-refractivity contribution in [1.29, 1.82) is 5.26 Å². The maximum absolute atomic E-state index is 9.24. The van der Waals surface area contributed by atoms with Gasteiger partial charge >= 0.3 is 0 Å². The molecular weight excluding hydrogens is 272 g/mol. The maximum Gasteiger partial charge on any atom is 0.134 e. The highest BCUT2D eigenvalue weighted by atomic mass is 15.1. The van der Waals surface area contributed by atoms with Crippen molar-refractivity contribution >= 4 is 5.71 Å². The van der Waals surface area contributed by atoms with E-state index < -0.39 is 0 Å². The molecule has 22 heavy (non-hydrogen) atoms. The summed E-state index contributed by atoms with van der Waals surface area (Å²) in [6.07, 6.45) is 10.7. The predicted octanol–water partition coefficient (Wildman–Crippen LogP) is 3.55. The van der Waals surface area contributed by atoms with Crippen LogP contribution in [0.5, 0.6) is 0 Å². The maximum atomic E-state index is 9.24. The number of nitriles is 1. The fourth-order valence-corrected chi connectivity index (χ4v) is 3.24. The number of aromatic nitrogens is 2. The lowest BCUT2D eigenvalue weighted by Gasteiger charge is -2.17. The molecule has 0 N–H and O–H groups in total. The average Bonchev–Trinajstić information content (AvgIpc) is 2.98. The lowest BCUT2D eigenvalue weighted by molar-refractivity contribution is 0.716. The summed E-state index contributed by atoms with van der Waals surface area (Å²) in [6.45, 7) is 0.580. The van der Waals surface area contributed by atoms with E-state index in [4.69, 9.17) is 4.99 Å². The number of allylic oxidation sites excluding steroid dienone is 2. The van der Waals surface area contributed by atoms with E-state index in [2.05, 4.69) is 21.7 Å².